The molecule has 0 radical (unpaired) electrons. The Hall–Kier alpha value is -0.780. The second kappa shape index (κ2) is 5.34. The summed E-state index contributed by atoms with van der Waals surface area (Å²) in [6.45, 7) is 1.85. The van der Waals surface area contributed by atoms with Crippen molar-refractivity contribution in [3.05, 3.63) is 22.2 Å². The van der Waals surface area contributed by atoms with E-state index < -0.39 is 0 Å². The van der Waals surface area contributed by atoms with Gasteiger partial charge in [0.25, 0.3) is 0 Å². The summed E-state index contributed by atoms with van der Waals surface area (Å²) in [5.41, 5.74) is 0.912. The van der Waals surface area contributed by atoms with Crippen molar-refractivity contribution in [3.63, 3.8) is 0 Å². The van der Waals surface area contributed by atoms with E-state index in [0.717, 1.165) is 10.0 Å². The average molecular weight is 276 g/mol. The van der Waals surface area contributed by atoms with E-state index in [9.17, 15) is 0 Å². The first kappa shape index (κ1) is 12.3. The molecule has 0 aliphatic carbocycles. The van der Waals surface area contributed by atoms with Crippen LogP contribution in [0.3, 0.4) is 0 Å². The van der Waals surface area contributed by atoms with Gasteiger partial charge in [0.15, 0.2) is 11.5 Å². The SMILES string of the molecule is COc1ccc(C(C)ON)c(Br)c1OC. The summed E-state index contributed by atoms with van der Waals surface area (Å²) in [5.74, 6) is 6.44. The van der Waals surface area contributed by atoms with E-state index in [2.05, 4.69) is 15.9 Å². The number of hydrogen-bond acceptors (Lipinski definition) is 4. The van der Waals surface area contributed by atoms with Gasteiger partial charge in [-0.1, -0.05) is 6.07 Å². The highest BCUT2D eigenvalue weighted by molar-refractivity contribution is 9.10. The molecule has 0 amide bonds. The van der Waals surface area contributed by atoms with Crippen molar-refractivity contribution in [2.45, 2.75) is 13.0 Å². The fourth-order valence-corrected chi connectivity index (χ4v) is 2.10. The summed E-state index contributed by atoms with van der Waals surface area (Å²) < 4.78 is 11.2. The molecule has 1 unspecified atom stereocenters. The molecule has 1 rings (SSSR count). The zero-order valence-corrected chi connectivity index (χ0v) is 10.5. The molecule has 0 bridgehead atoms. The molecule has 0 saturated carbocycles. The van der Waals surface area contributed by atoms with E-state index >= 15 is 0 Å². The minimum Gasteiger partial charge on any atom is -0.493 e. The molecule has 1 aromatic rings. The largest absolute Gasteiger partial charge is 0.493 e. The third-order valence-corrected chi connectivity index (χ3v) is 2.97. The van der Waals surface area contributed by atoms with Gasteiger partial charge >= 0.3 is 0 Å². The predicted octanol–water partition coefficient (Wildman–Crippen LogP) is 2.42. The molecule has 15 heavy (non-hydrogen) atoms. The molecule has 4 nitrogen and oxygen atoms in total. The van der Waals surface area contributed by atoms with Crippen LogP contribution in [-0.4, -0.2) is 14.2 Å². The van der Waals surface area contributed by atoms with Crippen molar-refractivity contribution in [3.8, 4) is 11.5 Å². The van der Waals surface area contributed by atoms with E-state index in [4.69, 9.17) is 20.2 Å². The summed E-state index contributed by atoms with van der Waals surface area (Å²) in [6.07, 6.45) is -0.209. The highest BCUT2D eigenvalue weighted by atomic mass is 79.9. The minimum atomic E-state index is -0.209. The monoisotopic (exact) mass is 275 g/mol. The normalized spacial score (nSPS) is 12.3. The summed E-state index contributed by atoms with van der Waals surface area (Å²) >= 11 is 3.43. The molecule has 0 saturated heterocycles. The molecule has 1 aromatic carbocycles. The number of benzene rings is 1. The van der Waals surface area contributed by atoms with Crippen LogP contribution in [0.25, 0.3) is 0 Å². The first-order chi connectivity index (χ1) is 7.15. The standard InChI is InChI=1S/C10H14BrNO3/c1-6(15-12)7-4-5-8(13-2)10(14-3)9(7)11/h4-6H,12H2,1-3H3. The molecule has 0 aromatic heterocycles. The van der Waals surface area contributed by atoms with Crippen molar-refractivity contribution in [2.75, 3.05) is 14.2 Å². The second-order valence-corrected chi connectivity index (χ2v) is 3.78. The average Bonchev–Trinajstić information content (AvgIpc) is 2.27. The van der Waals surface area contributed by atoms with Crippen LogP contribution in [-0.2, 0) is 4.84 Å². The number of nitrogens with two attached hydrogens (primary N) is 1. The number of rotatable bonds is 4. The lowest BCUT2D eigenvalue weighted by atomic mass is 10.1. The lowest BCUT2D eigenvalue weighted by Gasteiger charge is -2.16. The Kier molecular flexibility index (Phi) is 4.38. The van der Waals surface area contributed by atoms with Crippen molar-refractivity contribution >= 4 is 15.9 Å². The molecule has 0 heterocycles. The molecule has 0 spiro atoms. The van der Waals surface area contributed by atoms with Crippen molar-refractivity contribution in [1.82, 2.24) is 0 Å². The Balaban J connectivity index is 3.22. The van der Waals surface area contributed by atoms with Crippen LogP contribution >= 0.6 is 15.9 Å². The van der Waals surface area contributed by atoms with Crippen LogP contribution in [0.5, 0.6) is 11.5 Å². The van der Waals surface area contributed by atoms with Crippen molar-refractivity contribution < 1.29 is 14.3 Å². The Morgan fingerprint density at radius 1 is 1.27 bits per heavy atom. The van der Waals surface area contributed by atoms with Gasteiger partial charge in [0.05, 0.1) is 18.7 Å². The first-order valence-corrected chi connectivity index (χ1v) is 5.20. The van der Waals surface area contributed by atoms with Gasteiger partial charge in [-0.15, -0.1) is 0 Å². The van der Waals surface area contributed by atoms with Crippen LogP contribution in [0.15, 0.2) is 16.6 Å². The lowest BCUT2D eigenvalue weighted by Crippen LogP contribution is -2.07. The lowest BCUT2D eigenvalue weighted by molar-refractivity contribution is 0.0657. The summed E-state index contributed by atoms with van der Waals surface area (Å²) in [7, 11) is 3.17. The third-order valence-electron chi connectivity index (χ3n) is 2.16. The molecule has 84 valence electrons. The van der Waals surface area contributed by atoms with Gasteiger partial charge in [-0.3, -0.25) is 4.84 Å². The van der Waals surface area contributed by atoms with Crippen molar-refractivity contribution in [2.24, 2.45) is 5.90 Å². The Morgan fingerprint density at radius 3 is 2.40 bits per heavy atom. The maximum atomic E-state index is 5.23. The fraction of sp³-hybridized carbons (Fsp3) is 0.400. The summed E-state index contributed by atoms with van der Waals surface area (Å²) in [5, 5.41) is 0. The van der Waals surface area contributed by atoms with Crippen molar-refractivity contribution in [1.29, 1.82) is 0 Å². The molecule has 0 fully saturated rings. The highest BCUT2D eigenvalue weighted by Crippen LogP contribution is 2.40. The van der Waals surface area contributed by atoms with Gasteiger partial charge in [0, 0.05) is 5.56 Å². The van der Waals surface area contributed by atoms with Crippen LogP contribution in [0.2, 0.25) is 0 Å². The van der Waals surface area contributed by atoms with E-state index in [0.29, 0.717) is 11.5 Å². The van der Waals surface area contributed by atoms with Gasteiger partial charge in [-0.05, 0) is 28.9 Å². The molecular formula is C10H14BrNO3. The smallest absolute Gasteiger partial charge is 0.175 e. The summed E-state index contributed by atoms with van der Waals surface area (Å²) in [4.78, 5) is 4.76. The van der Waals surface area contributed by atoms with Crippen LogP contribution in [0.1, 0.15) is 18.6 Å². The Labute approximate surface area is 97.4 Å². The predicted molar refractivity (Wildman–Crippen MR) is 60.9 cm³/mol. The Bertz CT molecular complexity index is 344. The molecule has 1 atom stereocenters. The second-order valence-electron chi connectivity index (χ2n) is 2.98. The molecule has 0 aliphatic rings. The van der Waals surface area contributed by atoms with E-state index in [1.165, 1.54) is 0 Å². The third kappa shape index (κ3) is 2.42. The minimum absolute atomic E-state index is 0.209. The van der Waals surface area contributed by atoms with Crippen LogP contribution in [0, 0.1) is 0 Å². The number of halogens is 1. The highest BCUT2D eigenvalue weighted by Gasteiger charge is 2.16. The summed E-state index contributed by atoms with van der Waals surface area (Å²) in [6, 6.07) is 3.69. The maximum absolute atomic E-state index is 5.23. The fourth-order valence-electron chi connectivity index (χ4n) is 1.29. The van der Waals surface area contributed by atoms with Gasteiger partial charge in [-0.2, -0.15) is 0 Å². The molecular weight excluding hydrogens is 262 g/mol. The molecule has 2 N–H and O–H groups in total. The van der Waals surface area contributed by atoms with Crippen LogP contribution in [0.4, 0.5) is 0 Å². The molecule has 0 aliphatic heterocycles. The van der Waals surface area contributed by atoms with E-state index in [1.54, 1.807) is 14.2 Å². The number of ether oxygens (including phenoxy) is 2. The van der Waals surface area contributed by atoms with Gasteiger partial charge < -0.3 is 9.47 Å². The van der Waals surface area contributed by atoms with Crippen LogP contribution < -0.4 is 15.4 Å². The number of methoxy groups -OCH3 is 2. The van der Waals surface area contributed by atoms with E-state index in [-0.39, 0.29) is 6.10 Å². The van der Waals surface area contributed by atoms with Gasteiger partial charge in [0.1, 0.15) is 6.10 Å². The number of hydrogen-bond donors (Lipinski definition) is 1. The zero-order chi connectivity index (χ0) is 11.4. The quantitative estimate of drug-likeness (QED) is 0.858. The Morgan fingerprint density at radius 2 is 1.93 bits per heavy atom. The first-order valence-electron chi connectivity index (χ1n) is 4.41. The van der Waals surface area contributed by atoms with E-state index in [1.807, 2.05) is 19.1 Å². The molecule has 5 heteroatoms. The van der Waals surface area contributed by atoms with Gasteiger partial charge in [-0.25, -0.2) is 5.90 Å². The zero-order valence-electron chi connectivity index (χ0n) is 8.91. The maximum Gasteiger partial charge on any atom is 0.175 e. The topological polar surface area (TPSA) is 53.7 Å². The van der Waals surface area contributed by atoms with Gasteiger partial charge in [0.2, 0.25) is 0 Å².